The third-order valence-electron chi connectivity index (χ3n) is 3.13. The second-order valence-corrected chi connectivity index (χ2v) is 5.78. The minimum atomic E-state index is -1.30. The fraction of sp³-hybridized carbons (Fsp3) is 0.692. The molecule has 0 heterocycles. The van der Waals surface area contributed by atoms with Crippen molar-refractivity contribution in [2.45, 2.75) is 44.8 Å². The molecule has 0 aliphatic rings. The molecule has 0 aromatic rings. The monoisotopic (exact) mass is 348 g/mol. The van der Waals surface area contributed by atoms with E-state index < -0.39 is 41.8 Å². The number of carboxylic acids is 1. The summed E-state index contributed by atoms with van der Waals surface area (Å²) in [5.74, 6) is -3.39. The first kappa shape index (κ1) is 21.2. The number of primary amides is 1. The van der Waals surface area contributed by atoms with E-state index >= 15 is 0 Å². The molecule has 0 fully saturated rings. The quantitative estimate of drug-likeness (QED) is 0.255. The summed E-state index contributed by atoms with van der Waals surface area (Å²) in [6, 6.07) is -3.12. The zero-order valence-corrected chi connectivity index (χ0v) is 14.0. The molecule has 132 valence electrons. The van der Waals surface area contributed by atoms with Crippen molar-refractivity contribution >= 4 is 36.3 Å². The minimum absolute atomic E-state index is 0.0372. The number of hydrogen-bond acceptors (Lipinski definition) is 6. The van der Waals surface area contributed by atoms with Gasteiger partial charge < -0.3 is 27.2 Å². The molecule has 0 radical (unpaired) electrons. The van der Waals surface area contributed by atoms with Crippen LogP contribution in [0.4, 0.5) is 0 Å². The lowest BCUT2D eigenvalue weighted by atomic mass is 10.0. The number of nitrogens with two attached hydrogens (primary N) is 2. The molecule has 0 aromatic carbocycles. The third-order valence-corrected chi connectivity index (χ3v) is 3.50. The molecular weight excluding hydrogens is 324 g/mol. The summed E-state index contributed by atoms with van der Waals surface area (Å²) in [5.41, 5.74) is 10.6. The van der Waals surface area contributed by atoms with E-state index in [9.17, 15) is 19.2 Å². The number of nitrogens with one attached hydrogen (secondary N) is 2. The molecule has 0 aliphatic heterocycles. The van der Waals surface area contributed by atoms with Gasteiger partial charge in [0.1, 0.15) is 12.1 Å². The average Bonchev–Trinajstić information content (AvgIpc) is 2.46. The van der Waals surface area contributed by atoms with E-state index in [-0.39, 0.29) is 24.5 Å². The molecule has 23 heavy (non-hydrogen) atoms. The molecule has 3 atom stereocenters. The number of carbonyl (C=O) groups excluding carboxylic acids is 3. The van der Waals surface area contributed by atoms with Crippen LogP contribution in [0.15, 0.2) is 0 Å². The smallest absolute Gasteiger partial charge is 0.326 e. The Morgan fingerprint density at radius 1 is 1.09 bits per heavy atom. The molecule has 10 heteroatoms. The maximum absolute atomic E-state index is 12.1. The third kappa shape index (κ3) is 7.84. The SMILES string of the molecule is CC(C)C(N)C(=O)NC(CS)C(=O)NC(CCC(N)=O)C(=O)O. The average molecular weight is 348 g/mol. The molecule has 0 rings (SSSR count). The molecule has 9 nitrogen and oxygen atoms in total. The van der Waals surface area contributed by atoms with Gasteiger partial charge in [0, 0.05) is 12.2 Å². The number of aliphatic carboxylic acids is 1. The lowest BCUT2D eigenvalue weighted by Gasteiger charge is -2.22. The molecule has 0 bridgehead atoms. The summed E-state index contributed by atoms with van der Waals surface area (Å²) < 4.78 is 0. The Hall–Kier alpha value is -1.81. The Labute approximate surface area is 139 Å². The summed E-state index contributed by atoms with van der Waals surface area (Å²) >= 11 is 3.97. The van der Waals surface area contributed by atoms with Crippen molar-refractivity contribution in [2.75, 3.05) is 5.75 Å². The number of amides is 3. The van der Waals surface area contributed by atoms with Crippen molar-refractivity contribution < 1.29 is 24.3 Å². The van der Waals surface area contributed by atoms with Crippen LogP contribution in [0, 0.1) is 5.92 Å². The van der Waals surface area contributed by atoms with E-state index in [0.29, 0.717) is 0 Å². The van der Waals surface area contributed by atoms with Crippen molar-refractivity contribution in [3.8, 4) is 0 Å². The van der Waals surface area contributed by atoms with E-state index in [1.807, 2.05) is 0 Å². The normalized spacial score (nSPS) is 14.7. The van der Waals surface area contributed by atoms with Crippen molar-refractivity contribution in [2.24, 2.45) is 17.4 Å². The Balaban J connectivity index is 4.76. The summed E-state index contributed by atoms with van der Waals surface area (Å²) in [6.07, 6.45) is -0.331. The van der Waals surface area contributed by atoms with Crippen LogP contribution in [0.2, 0.25) is 0 Å². The van der Waals surface area contributed by atoms with Crippen molar-refractivity contribution in [3.05, 3.63) is 0 Å². The Morgan fingerprint density at radius 2 is 1.61 bits per heavy atom. The van der Waals surface area contributed by atoms with Gasteiger partial charge in [0.25, 0.3) is 0 Å². The highest BCUT2D eigenvalue weighted by Crippen LogP contribution is 2.02. The first-order valence-electron chi connectivity index (χ1n) is 7.08. The Kier molecular flexibility index (Phi) is 9.27. The zero-order chi connectivity index (χ0) is 18.2. The number of hydrogen-bond donors (Lipinski definition) is 6. The van der Waals surface area contributed by atoms with Gasteiger partial charge in [-0.15, -0.1) is 0 Å². The maximum Gasteiger partial charge on any atom is 0.326 e. The van der Waals surface area contributed by atoms with Gasteiger partial charge in [-0.05, 0) is 12.3 Å². The van der Waals surface area contributed by atoms with E-state index in [1.165, 1.54) is 0 Å². The molecule has 0 aliphatic carbocycles. The number of rotatable bonds is 10. The molecule has 0 saturated carbocycles. The van der Waals surface area contributed by atoms with Crippen LogP contribution in [-0.2, 0) is 19.2 Å². The van der Waals surface area contributed by atoms with Crippen LogP contribution in [0.25, 0.3) is 0 Å². The number of carbonyl (C=O) groups is 4. The topological polar surface area (TPSA) is 165 Å². The van der Waals surface area contributed by atoms with Crippen LogP contribution >= 0.6 is 12.6 Å². The minimum Gasteiger partial charge on any atom is -0.480 e. The number of thiol groups is 1. The van der Waals surface area contributed by atoms with Crippen LogP contribution in [0.5, 0.6) is 0 Å². The van der Waals surface area contributed by atoms with Crippen LogP contribution in [0.3, 0.4) is 0 Å². The molecule has 7 N–H and O–H groups in total. The van der Waals surface area contributed by atoms with Gasteiger partial charge in [-0.1, -0.05) is 13.8 Å². The first-order valence-corrected chi connectivity index (χ1v) is 7.71. The fourth-order valence-electron chi connectivity index (χ4n) is 1.58. The highest BCUT2D eigenvalue weighted by molar-refractivity contribution is 7.80. The predicted octanol–water partition coefficient (Wildman–Crippen LogP) is -1.78. The molecule has 3 amide bonds. The van der Waals surface area contributed by atoms with Gasteiger partial charge in [0.2, 0.25) is 17.7 Å². The second kappa shape index (κ2) is 10.1. The van der Waals surface area contributed by atoms with Gasteiger partial charge in [-0.2, -0.15) is 12.6 Å². The molecule has 0 spiro atoms. The Morgan fingerprint density at radius 3 is 2.00 bits per heavy atom. The molecule has 0 aromatic heterocycles. The van der Waals surface area contributed by atoms with Gasteiger partial charge in [0.05, 0.1) is 6.04 Å². The van der Waals surface area contributed by atoms with Crippen molar-refractivity contribution in [1.29, 1.82) is 0 Å². The summed E-state index contributed by atoms with van der Waals surface area (Å²) in [6.45, 7) is 3.51. The maximum atomic E-state index is 12.1. The molecule has 3 unspecified atom stereocenters. The largest absolute Gasteiger partial charge is 0.480 e. The van der Waals surface area contributed by atoms with Crippen LogP contribution in [0.1, 0.15) is 26.7 Å². The standard InChI is InChI=1S/C13H24N4O5S/c1-6(2)10(15)12(20)17-8(5-23)11(19)16-7(13(21)22)3-4-9(14)18/h6-8,10,23H,3-5,15H2,1-2H3,(H2,14,18)(H,16,19)(H,17,20)(H,21,22). The first-order chi connectivity index (χ1) is 10.6. The lowest BCUT2D eigenvalue weighted by molar-refractivity contribution is -0.142. The summed E-state index contributed by atoms with van der Waals surface area (Å²) in [5, 5.41) is 13.7. The van der Waals surface area contributed by atoms with E-state index in [2.05, 4.69) is 23.3 Å². The van der Waals surface area contributed by atoms with E-state index in [4.69, 9.17) is 16.6 Å². The number of carboxylic acid groups (broad SMARTS) is 1. The van der Waals surface area contributed by atoms with Gasteiger partial charge in [-0.25, -0.2) is 4.79 Å². The lowest BCUT2D eigenvalue weighted by Crippen LogP contribution is -2.56. The molecule has 0 saturated heterocycles. The van der Waals surface area contributed by atoms with Crippen LogP contribution < -0.4 is 22.1 Å². The zero-order valence-electron chi connectivity index (χ0n) is 13.1. The fourth-order valence-corrected chi connectivity index (χ4v) is 1.84. The Bertz CT molecular complexity index is 458. The second-order valence-electron chi connectivity index (χ2n) is 5.42. The van der Waals surface area contributed by atoms with Gasteiger partial charge >= 0.3 is 5.97 Å². The van der Waals surface area contributed by atoms with Crippen molar-refractivity contribution in [3.63, 3.8) is 0 Å². The van der Waals surface area contributed by atoms with Gasteiger partial charge in [0.15, 0.2) is 0 Å². The van der Waals surface area contributed by atoms with E-state index in [1.54, 1.807) is 13.8 Å². The highest BCUT2D eigenvalue weighted by Gasteiger charge is 2.27. The summed E-state index contributed by atoms with van der Waals surface area (Å²) in [4.78, 5) is 45.7. The summed E-state index contributed by atoms with van der Waals surface area (Å²) in [7, 11) is 0. The van der Waals surface area contributed by atoms with Gasteiger partial charge in [-0.3, -0.25) is 14.4 Å². The van der Waals surface area contributed by atoms with Crippen LogP contribution in [-0.4, -0.2) is 52.7 Å². The van der Waals surface area contributed by atoms with Crippen molar-refractivity contribution in [1.82, 2.24) is 10.6 Å². The highest BCUT2D eigenvalue weighted by atomic mass is 32.1. The van der Waals surface area contributed by atoms with E-state index in [0.717, 1.165) is 0 Å². The predicted molar refractivity (Wildman–Crippen MR) is 86.6 cm³/mol. The molecular formula is C13H24N4O5S.